The number of likely N-dealkylation sites (tertiary alicyclic amines) is 1. The summed E-state index contributed by atoms with van der Waals surface area (Å²) in [4.78, 5) is 13.8. The van der Waals surface area contributed by atoms with Gasteiger partial charge in [0.25, 0.3) is 0 Å². The van der Waals surface area contributed by atoms with Gasteiger partial charge in [0.15, 0.2) is 0 Å². The first kappa shape index (κ1) is 13.9. The third-order valence-corrected chi connectivity index (χ3v) is 5.82. The number of carboxylic acid groups (broad SMARTS) is 1. The first-order valence-electron chi connectivity index (χ1n) is 7.20. The second-order valence-electron chi connectivity index (χ2n) is 7.41. The molecule has 0 bridgehead atoms. The van der Waals surface area contributed by atoms with Gasteiger partial charge in [0.1, 0.15) is 0 Å². The Morgan fingerprint density at radius 3 is 2.00 bits per heavy atom. The highest BCUT2D eigenvalue weighted by Crippen LogP contribution is 2.49. The lowest BCUT2D eigenvalue weighted by atomic mass is 9.63. The SMILES string of the molecule is CC(C)(C(=O)O)C(C)(C)N1CC2(CCCCC2)C1. The normalized spacial score (nSPS) is 24.9. The van der Waals surface area contributed by atoms with Gasteiger partial charge in [-0.05, 0) is 46.0 Å². The first-order valence-corrected chi connectivity index (χ1v) is 7.20. The van der Waals surface area contributed by atoms with E-state index in [2.05, 4.69) is 18.7 Å². The predicted molar refractivity (Wildman–Crippen MR) is 72.6 cm³/mol. The zero-order valence-electron chi connectivity index (χ0n) is 12.3. The van der Waals surface area contributed by atoms with Gasteiger partial charge in [-0.3, -0.25) is 9.69 Å². The molecule has 0 aromatic carbocycles. The van der Waals surface area contributed by atoms with E-state index < -0.39 is 11.4 Å². The van der Waals surface area contributed by atoms with Gasteiger partial charge in [-0.15, -0.1) is 0 Å². The van der Waals surface area contributed by atoms with Gasteiger partial charge >= 0.3 is 5.97 Å². The molecule has 18 heavy (non-hydrogen) atoms. The van der Waals surface area contributed by atoms with Gasteiger partial charge < -0.3 is 5.11 Å². The molecule has 0 amide bonds. The fourth-order valence-electron chi connectivity index (χ4n) is 3.43. The fraction of sp³-hybridized carbons (Fsp3) is 0.933. The van der Waals surface area contributed by atoms with Crippen molar-refractivity contribution in [2.45, 2.75) is 65.3 Å². The molecule has 104 valence electrons. The third kappa shape index (κ3) is 1.97. The highest BCUT2D eigenvalue weighted by Gasteiger charge is 2.55. The van der Waals surface area contributed by atoms with Gasteiger partial charge in [-0.1, -0.05) is 19.3 Å². The van der Waals surface area contributed by atoms with E-state index in [1.54, 1.807) is 0 Å². The molecule has 0 aromatic rings. The van der Waals surface area contributed by atoms with Crippen LogP contribution in [0.3, 0.4) is 0 Å². The number of hydrogen-bond acceptors (Lipinski definition) is 2. The van der Waals surface area contributed by atoms with Crippen molar-refractivity contribution in [1.29, 1.82) is 0 Å². The molecular weight excluding hydrogens is 226 g/mol. The smallest absolute Gasteiger partial charge is 0.310 e. The lowest BCUT2D eigenvalue weighted by molar-refractivity contribution is -0.168. The molecule has 1 spiro atoms. The molecule has 1 aliphatic heterocycles. The molecule has 0 atom stereocenters. The number of rotatable bonds is 3. The Bertz CT molecular complexity index is 332. The summed E-state index contributed by atoms with van der Waals surface area (Å²) in [5.74, 6) is -0.697. The summed E-state index contributed by atoms with van der Waals surface area (Å²) in [5.41, 5.74) is -0.463. The van der Waals surface area contributed by atoms with Gasteiger partial charge in [0.2, 0.25) is 0 Å². The summed E-state index contributed by atoms with van der Waals surface area (Å²) in [7, 11) is 0. The lowest BCUT2D eigenvalue weighted by Crippen LogP contribution is -2.68. The van der Waals surface area contributed by atoms with E-state index in [0.717, 1.165) is 13.1 Å². The maximum atomic E-state index is 11.5. The van der Waals surface area contributed by atoms with E-state index in [0.29, 0.717) is 5.41 Å². The third-order valence-electron chi connectivity index (χ3n) is 5.82. The average molecular weight is 253 g/mol. The number of carbonyl (C=O) groups is 1. The van der Waals surface area contributed by atoms with Crippen molar-refractivity contribution in [3.8, 4) is 0 Å². The highest BCUT2D eigenvalue weighted by atomic mass is 16.4. The monoisotopic (exact) mass is 253 g/mol. The molecule has 2 aliphatic rings. The predicted octanol–water partition coefficient (Wildman–Crippen LogP) is 3.14. The van der Waals surface area contributed by atoms with Crippen LogP contribution in [0.25, 0.3) is 0 Å². The van der Waals surface area contributed by atoms with Crippen LogP contribution in [-0.4, -0.2) is 34.6 Å². The molecule has 1 N–H and O–H groups in total. The van der Waals surface area contributed by atoms with Crippen LogP contribution in [0.5, 0.6) is 0 Å². The molecule has 1 saturated carbocycles. The number of carboxylic acids is 1. The van der Waals surface area contributed by atoms with E-state index in [1.807, 2.05) is 13.8 Å². The van der Waals surface area contributed by atoms with Crippen LogP contribution in [-0.2, 0) is 4.79 Å². The second kappa shape index (κ2) is 4.22. The number of aliphatic carboxylic acids is 1. The summed E-state index contributed by atoms with van der Waals surface area (Å²) >= 11 is 0. The quantitative estimate of drug-likeness (QED) is 0.840. The van der Waals surface area contributed by atoms with Crippen LogP contribution < -0.4 is 0 Å². The highest BCUT2D eigenvalue weighted by molar-refractivity contribution is 5.75. The second-order valence-corrected chi connectivity index (χ2v) is 7.41. The van der Waals surface area contributed by atoms with Crippen LogP contribution >= 0.6 is 0 Å². The van der Waals surface area contributed by atoms with Crippen LogP contribution in [0.4, 0.5) is 0 Å². The van der Waals surface area contributed by atoms with Crippen LogP contribution in [0.2, 0.25) is 0 Å². The Morgan fingerprint density at radius 2 is 1.56 bits per heavy atom. The maximum Gasteiger partial charge on any atom is 0.310 e. The summed E-state index contributed by atoms with van der Waals surface area (Å²) in [6.45, 7) is 10.0. The van der Waals surface area contributed by atoms with Gasteiger partial charge in [0, 0.05) is 18.6 Å². The van der Waals surface area contributed by atoms with E-state index in [-0.39, 0.29) is 5.54 Å². The molecule has 3 nitrogen and oxygen atoms in total. The zero-order chi connectivity index (χ0) is 13.6. The van der Waals surface area contributed by atoms with Gasteiger partial charge in [0.05, 0.1) is 5.41 Å². The average Bonchev–Trinajstić information content (AvgIpc) is 2.26. The minimum absolute atomic E-state index is 0.276. The Morgan fingerprint density at radius 1 is 1.06 bits per heavy atom. The molecule has 0 unspecified atom stereocenters. The summed E-state index contributed by atoms with van der Waals surface area (Å²) < 4.78 is 0. The number of hydrogen-bond donors (Lipinski definition) is 1. The molecule has 1 saturated heterocycles. The topological polar surface area (TPSA) is 40.5 Å². The van der Waals surface area contributed by atoms with Gasteiger partial charge in [-0.2, -0.15) is 0 Å². The summed E-state index contributed by atoms with van der Waals surface area (Å²) in [5, 5.41) is 9.42. The Hall–Kier alpha value is -0.570. The molecule has 1 heterocycles. The molecule has 1 aliphatic carbocycles. The van der Waals surface area contributed by atoms with Crippen LogP contribution in [0.15, 0.2) is 0 Å². The summed E-state index contributed by atoms with van der Waals surface area (Å²) in [6.07, 6.45) is 6.78. The molecule has 2 fully saturated rings. The zero-order valence-corrected chi connectivity index (χ0v) is 12.3. The van der Waals surface area contributed by atoms with Crippen LogP contribution in [0.1, 0.15) is 59.8 Å². The standard InChI is InChI=1S/C15H27NO2/c1-13(2,12(17)18)14(3,4)16-10-15(11-16)8-6-5-7-9-15/h5-11H2,1-4H3,(H,17,18). The maximum absolute atomic E-state index is 11.5. The minimum atomic E-state index is -0.705. The van der Waals surface area contributed by atoms with E-state index >= 15 is 0 Å². The molecular formula is C15H27NO2. The largest absolute Gasteiger partial charge is 0.481 e. The van der Waals surface area contributed by atoms with Crippen molar-refractivity contribution in [1.82, 2.24) is 4.90 Å². The van der Waals surface area contributed by atoms with Crippen LogP contribution in [0, 0.1) is 10.8 Å². The molecule has 0 aromatic heterocycles. The first-order chi connectivity index (χ1) is 8.21. The fourth-order valence-corrected chi connectivity index (χ4v) is 3.43. The molecule has 2 rings (SSSR count). The minimum Gasteiger partial charge on any atom is -0.481 e. The van der Waals surface area contributed by atoms with Crippen molar-refractivity contribution in [3.05, 3.63) is 0 Å². The van der Waals surface area contributed by atoms with E-state index in [4.69, 9.17) is 0 Å². The lowest BCUT2D eigenvalue weighted by Gasteiger charge is -2.61. The number of nitrogens with zero attached hydrogens (tertiary/aromatic N) is 1. The Kier molecular flexibility index (Phi) is 3.25. The van der Waals surface area contributed by atoms with Crippen molar-refractivity contribution < 1.29 is 9.90 Å². The van der Waals surface area contributed by atoms with Crippen molar-refractivity contribution in [2.75, 3.05) is 13.1 Å². The van der Waals surface area contributed by atoms with Crippen molar-refractivity contribution in [2.24, 2.45) is 10.8 Å². The molecule has 0 radical (unpaired) electrons. The summed E-state index contributed by atoms with van der Waals surface area (Å²) in [6, 6.07) is 0. The van der Waals surface area contributed by atoms with Gasteiger partial charge in [-0.25, -0.2) is 0 Å². The van der Waals surface area contributed by atoms with Crippen molar-refractivity contribution >= 4 is 5.97 Å². The Labute approximate surface area is 111 Å². The Balaban J connectivity index is 2.04. The van der Waals surface area contributed by atoms with E-state index in [9.17, 15) is 9.90 Å². The molecule has 3 heteroatoms. The van der Waals surface area contributed by atoms with E-state index in [1.165, 1.54) is 32.1 Å². The van der Waals surface area contributed by atoms with Crippen molar-refractivity contribution in [3.63, 3.8) is 0 Å².